The molecule has 0 spiro atoms. The highest BCUT2D eigenvalue weighted by molar-refractivity contribution is 5.76. The third-order valence-corrected chi connectivity index (χ3v) is 3.10. The molecule has 0 aromatic carbocycles. The van der Waals surface area contributed by atoms with Crippen molar-refractivity contribution < 1.29 is 4.79 Å². The summed E-state index contributed by atoms with van der Waals surface area (Å²) in [6.07, 6.45) is 6.69. The molecule has 0 atom stereocenters. The second-order valence-corrected chi connectivity index (χ2v) is 4.80. The Hall–Kier alpha value is -1.36. The van der Waals surface area contributed by atoms with Gasteiger partial charge < -0.3 is 15.2 Å². The van der Waals surface area contributed by atoms with Crippen molar-refractivity contribution in [1.82, 2.24) is 20.2 Å². The number of hydrogen-bond donors (Lipinski definition) is 2. The van der Waals surface area contributed by atoms with Crippen LogP contribution >= 0.6 is 0 Å². The predicted molar refractivity (Wildman–Crippen MR) is 76.7 cm³/mol. The number of carbonyl (C=O) groups excluding carboxylic acids is 1. The number of imidazole rings is 1. The molecule has 1 aromatic heterocycles. The summed E-state index contributed by atoms with van der Waals surface area (Å²) in [7, 11) is 0. The smallest absolute Gasteiger partial charge is 0.240 e. The lowest BCUT2D eigenvalue weighted by Crippen LogP contribution is -2.36. The number of carbonyl (C=O) groups is 1. The molecular weight excluding hydrogens is 240 g/mol. The van der Waals surface area contributed by atoms with Crippen LogP contribution in [0.25, 0.3) is 0 Å². The van der Waals surface area contributed by atoms with Gasteiger partial charge in [0.15, 0.2) is 0 Å². The number of nitrogens with zero attached hydrogens (tertiary/aromatic N) is 2. The van der Waals surface area contributed by atoms with E-state index in [0.717, 1.165) is 38.0 Å². The summed E-state index contributed by atoms with van der Waals surface area (Å²) in [6.45, 7) is 8.40. The van der Waals surface area contributed by atoms with Gasteiger partial charge in [-0.05, 0) is 25.8 Å². The maximum Gasteiger partial charge on any atom is 0.240 e. The molecule has 0 saturated carbocycles. The molecule has 1 rings (SSSR count). The van der Waals surface area contributed by atoms with Crippen LogP contribution < -0.4 is 10.6 Å². The van der Waals surface area contributed by atoms with Crippen molar-refractivity contribution in [3.8, 4) is 0 Å². The van der Waals surface area contributed by atoms with Crippen LogP contribution in [0.15, 0.2) is 12.5 Å². The van der Waals surface area contributed by atoms with Crippen molar-refractivity contribution in [2.45, 2.75) is 59.2 Å². The van der Waals surface area contributed by atoms with Gasteiger partial charge in [-0.25, -0.2) is 4.98 Å². The summed E-state index contributed by atoms with van der Waals surface area (Å²) in [5.74, 6) is 0.0548. The monoisotopic (exact) mass is 266 g/mol. The highest BCUT2D eigenvalue weighted by Gasteiger charge is 2.09. The van der Waals surface area contributed by atoms with Gasteiger partial charge in [-0.2, -0.15) is 0 Å². The third-order valence-electron chi connectivity index (χ3n) is 3.10. The van der Waals surface area contributed by atoms with Gasteiger partial charge in [0.1, 0.15) is 6.54 Å². The summed E-state index contributed by atoms with van der Waals surface area (Å²) in [5.41, 5.74) is 0.976. The summed E-state index contributed by atoms with van der Waals surface area (Å²) in [6, 6.07) is 0.279. The van der Waals surface area contributed by atoms with Crippen LogP contribution in [0.1, 0.15) is 45.7 Å². The average Bonchev–Trinajstić information content (AvgIpc) is 2.83. The highest BCUT2D eigenvalue weighted by atomic mass is 16.2. The Kier molecular flexibility index (Phi) is 7.18. The largest absolute Gasteiger partial charge is 0.352 e. The molecule has 0 bridgehead atoms. The first-order valence-corrected chi connectivity index (χ1v) is 7.20. The van der Waals surface area contributed by atoms with Crippen LogP contribution in [-0.2, 0) is 17.9 Å². The van der Waals surface area contributed by atoms with Gasteiger partial charge in [0.25, 0.3) is 0 Å². The van der Waals surface area contributed by atoms with Gasteiger partial charge in [-0.1, -0.05) is 20.8 Å². The molecule has 0 radical (unpaired) electrons. The molecule has 1 aromatic rings. The van der Waals surface area contributed by atoms with E-state index >= 15 is 0 Å². The molecule has 19 heavy (non-hydrogen) atoms. The lowest BCUT2D eigenvalue weighted by Gasteiger charge is -2.14. The van der Waals surface area contributed by atoms with E-state index in [1.165, 1.54) is 0 Å². The zero-order chi connectivity index (χ0) is 14.1. The van der Waals surface area contributed by atoms with Crippen LogP contribution in [0.5, 0.6) is 0 Å². The number of hydrogen-bond acceptors (Lipinski definition) is 3. The second-order valence-electron chi connectivity index (χ2n) is 4.80. The zero-order valence-electron chi connectivity index (χ0n) is 12.3. The molecule has 2 N–H and O–H groups in total. The molecule has 5 nitrogen and oxygen atoms in total. The Morgan fingerprint density at radius 1 is 1.37 bits per heavy atom. The van der Waals surface area contributed by atoms with Gasteiger partial charge in [-0.3, -0.25) is 4.79 Å². The van der Waals surface area contributed by atoms with E-state index in [2.05, 4.69) is 36.4 Å². The minimum absolute atomic E-state index is 0.0548. The summed E-state index contributed by atoms with van der Waals surface area (Å²) in [4.78, 5) is 16.1. The Bertz CT molecular complexity index is 371. The molecule has 5 heteroatoms. The Morgan fingerprint density at radius 2 is 2.11 bits per heavy atom. The lowest BCUT2D eigenvalue weighted by atomic mass is 10.2. The normalized spacial score (nSPS) is 10.9. The van der Waals surface area contributed by atoms with Gasteiger partial charge in [0.05, 0.1) is 12.0 Å². The van der Waals surface area contributed by atoms with E-state index in [1.807, 2.05) is 10.8 Å². The molecule has 1 heterocycles. The van der Waals surface area contributed by atoms with Crippen molar-refractivity contribution in [2.24, 2.45) is 0 Å². The third kappa shape index (κ3) is 5.87. The molecule has 108 valence electrons. The average molecular weight is 266 g/mol. The van der Waals surface area contributed by atoms with Gasteiger partial charge >= 0.3 is 0 Å². The van der Waals surface area contributed by atoms with Crippen LogP contribution in [0, 0.1) is 0 Å². The van der Waals surface area contributed by atoms with Crippen molar-refractivity contribution in [3.05, 3.63) is 18.2 Å². The van der Waals surface area contributed by atoms with Crippen molar-refractivity contribution in [1.29, 1.82) is 0 Å². The fraction of sp³-hybridized carbons (Fsp3) is 0.714. The Balaban J connectivity index is 2.38. The van der Waals surface area contributed by atoms with E-state index in [1.54, 1.807) is 6.33 Å². The maximum atomic E-state index is 11.8. The topological polar surface area (TPSA) is 59.0 Å². The van der Waals surface area contributed by atoms with Gasteiger partial charge in [0, 0.05) is 18.8 Å². The standard InChI is InChI=1S/C14H26N4O/c1-4-7-15-8-13-9-18(11-16-13)10-14(19)17-12(5-2)6-3/h9,11-12,15H,4-8,10H2,1-3H3,(H,17,19). The predicted octanol–water partition coefficient (Wildman–Crippen LogP) is 1.69. The Labute approximate surface area is 115 Å². The van der Waals surface area contributed by atoms with E-state index in [9.17, 15) is 4.79 Å². The number of amides is 1. The van der Waals surface area contributed by atoms with Crippen LogP contribution in [0.3, 0.4) is 0 Å². The number of nitrogens with one attached hydrogen (secondary N) is 2. The molecule has 1 amide bonds. The summed E-state index contributed by atoms with van der Waals surface area (Å²) < 4.78 is 1.83. The summed E-state index contributed by atoms with van der Waals surface area (Å²) >= 11 is 0. The fourth-order valence-electron chi connectivity index (χ4n) is 1.91. The molecular formula is C14H26N4O. The second kappa shape index (κ2) is 8.69. The zero-order valence-corrected chi connectivity index (χ0v) is 12.3. The molecule has 0 aliphatic carbocycles. The van der Waals surface area contributed by atoms with Crippen molar-refractivity contribution in [2.75, 3.05) is 6.54 Å². The fourth-order valence-corrected chi connectivity index (χ4v) is 1.91. The Morgan fingerprint density at radius 3 is 2.74 bits per heavy atom. The van der Waals surface area contributed by atoms with E-state index < -0.39 is 0 Å². The molecule has 0 saturated heterocycles. The van der Waals surface area contributed by atoms with Gasteiger partial charge in [-0.15, -0.1) is 0 Å². The van der Waals surface area contributed by atoms with Crippen LogP contribution in [-0.4, -0.2) is 28.0 Å². The van der Waals surface area contributed by atoms with Crippen molar-refractivity contribution in [3.63, 3.8) is 0 Å². The quantitative estimate of drug-likeness (QED) is 0.669. The van der Waals surface area contributed by atoms with Crippen molar-refractivity contribution >= 4 is 5.91 Å². The minimum Gasteiger partial charge on any atom is -0.352 e. The first kappa shape index (κ1) is 15.7. The molecule has 0 fully saturated rings. The van der Waals surface area contributed by atoms with Gasteiger partial charge in [0.2, 0.25) is 5.91 Å². The highest BCUT2D eigenvalue weighted by Crippen LogP contribution is 1.99. The molecule has 0 unspecified atom stereocenters. The molecule has 0 aliphatic heterocycles. The summed E-state index contributed by atoms with van der Waals surface area (Å²) in [5, 5.41) is 6.32. The first-order chi connectivity index (χ1) is 9.19. The first-order valence-electron chi connectivity index (χ1n) is 7.20. The van der Waals surface area contributed by atoms with E-state index in [4.69, 9.17) is 0 Å². The van der Waals surface area contributed by atoms with E-state index in [-0.39, 0.29) is 11.9 Å². The van der Waals surface area contributed by atoms with Crippen LogP contribution in [0.2, 0.25) is 0 Å². The SMILES string of the molecule is CCCNCc1cn(CC(=O)NC(CC)CC)cn1. The number of aromatic nitrogens is 2. The van der Waals surface area contributed by atoms with E-state index in [0.29, 0.717) is 6.54 Å². The minimum atomic E-state index is 0.0548. The molecule has 0 aliphatic rings. The van der Waals surface area contributed by atoms with Crippen LogP contribution in [0.4, 0.5) is 0 Å². The maximum absolute atomic E-state index is 11.8. The number of rotatable bonds is 9. The lowest BCUT2D eigenvalue weighted by molar-refractivity contribution is -0.122.